The summed E-state index contributed by atoms with van der Waals surface area (Å²) in [7, 11) is 49.9. The molecule has 0 amide bonds. The van der Waals surface area contributed by atoms with Crippen LogP contribution in [0.1, 0.15) is 131 Å². The minimum atomic E-state index is -0.262. The quantitative estimate of drug-likeness (QED) is 0.0537. The van der Waals surface area contributed by atoms with Crippen LogP contribution in [0.15, 0.2) is 98.1 Å². The van der Waals surface area contributed by atoms with Gasteiger partial charge in [-0.3, -0.25) is 0 Å². The summed E-state index contributed by atoms with van der Waals surface area (Å²) < 4.78 is 16.4. The van der Waals surface area contributed by atoms with E-state index in [0.29, 0.717) is 18.0 Å². The predicted molar refractivity (Wildman–Crippen MR) is 397 cm³/mol. The Morgan fingerprint density at radius 2 is 0.670 bits per heavy atom. The minimum absolute atomic E-state index is 0.262. The van der Waals surface area contributed by atoms with Crippen molar-refractivity contribution >= 4 is 0 Å². The molecule has 3 aromatic heterocycles. The summed E-state index contributed by atoms with van der Waals surface area (Å²) in [6.07, 6.45) is 33.6. The van der Waals surface area contributed by atoms with Gasteiger partial charge in [0.25, 0.3) is 0 Å². The van der Waals surface area contributed by atoms with Gasteiger partial charge in [0.1, 0.15) is 6.04 Å². The number of nitroso groups, excluding NO2 is 1. The second kappa shape index (κ2) is 34.1. The zero-order valence-corrected chi connectivity index (χ0v) is 67.1. The monoisotopic (exact) mass is 1320 g/mol. The first-order valence-corrected chi connectivity index (χ1v) is 36.1. The average Bonchev–Trinajstić information content (AvgIpc) is 0.771. The molecular weight excluding hydrogens is 1160 g/mol. The zero-order valence-electron chi connectivity index (χ0n) is 67.1. The maximum Gasteiger partial charge on any atom is 0.211 e. The fraction of sp³-hybridized carbons (Fsp3) is 0.756. The molecule has 0 unspecified atom stereocenters. The van der Waals surface area contributed by atoms with Gasteiger partial charge in [-0.1, -0.05) is 12.2 Å². The Morgan fingerprint density at radius 3 is 0.979 bits per heavy atom. The van der Waals surface area contributed by atoms with E-state index in [1.165, 1.54) is 117 Å². The fourth-order valence-corrected chi connectivity index (χ4v) is 13.9. The largest absolute Gasteiger partial charge is 0.784 e. The lowest BCUT2D eigenvalue weighted by atomic mass is 9.77. The SMILES string of the molecule is CC1(C)CC([N+](C)(C)CCC[N+](C)(C)C)CC(C)(C)N1[O-].CC1(C)CC([N+](C)(C)CCC[N+](C)(C)C)CC(C)(C)[N+]1=O.C[N+](C)(C)CCCN1C=CC(c2cc[n+](CCC[N+](C)(C)C)cc2)C=C1.C[N+](C)(C)CCC[n+]1ccc(-c2cc[n+](CCC[N+](C)(C)C)cc2)cc1. The van der Waals surface area contributed by atoms with Crippen molar-refractivity contribution in [3.05, 3.63) is 114 Å². The average molecular weight is 1320 g/mol. The van der Waals surface area contributed by atoms with Crippen LogP contribution in [0.5, 0.6) is 0 Å². The van der Waals surface area contributed by atoms with Gasteiger partial charge in [0.2, 0.25) is 11.1 Å². The standard InChI is InChI=1S/C22H39N4.C22H38N4.2C17H38N3O/c2*1-25(2,3)19-7-13-23-15-9-21(10-16-23)22-11-17-24(18-12-22)14-8-20-26(4,5)6;2*1-16(2)13-15(14-17(3,4)18(16)21)20(8,9)12-10-11-19(5,6)7/h9-12,15-18,21H,7-8,13-14,19-20H2,1-6H3;9-12,15-18H,7-8,13-14,19-20H2,1-6H3;2*15H,10-14H2,1-9H3/q+3;+4;+1;+3. The highest BCUT2D eigenvalue weighted by atomic mass is 16.5. The number of hydrogen-bond acceptors (Lipinski definition) is 4. The van der Waals surface area contributed by atoms with Crippen LogP contribution >= 0.6 is 0 Å². The minimum Gasteiger partial charge on any atom is -0.784 e. The van der Waals surface area contributed by atoms with E-state index < -0.39 is 0 Å². The molecule has 94 heavy (non-hydrogen) atoms. The summed E-state index contributed by atoms with van der Waals surface area (Å²) in [5, 5.41) is 13.8. The molecule has 6 heterocycles. The molecule has 0 atom stereocenters. The highest BCUT2D eigenvalue weighted by Gasteiger charge is 2.57. The van der Waals surface area contributed by atoms with E-state index >= 15 is 0 Å². The lowest BCUT2D eigenvalue weighted by Gasteiger charge is -2.61. The molecule has 16 heteroatoms. The van der Waals surface area contributed by atoms with Crippen LogP contribution in [0.3, 0.4) is 0 Å². The van der Waals surface area contributed by atoms with Crippen LogP contribution < -0.4 is 13.7 Å². The molecule has 3 aliphatic heterocycles. The van der Waals surface area contributed by atoms with Gasteiger partial charge in [0.15, 0.2) is 56.8 Å². The van der Waals surface area contributed by atoms with Crippen LogP contribution in [0.2, 0.25) is 0 Å². The molecule has 0 bridgehead atoms. The number of rotatable bonds is 28. The number of hydrogen-bond donors (Lipinski definition) is 0. The molecular formula is C78H153N14O2+11. The zero-order chi connectivity index (χ0) is 71.8. The van der Waals surface area contributed by atoms with Gasteiger partial charge in [0, 0.05) is 142 Å². The maximum atomic E-state index is 12.5. The molecule has 16 nitrogen and oxygen atoms in total. The normalized spacial score (nSPS) is 18.4. The highest BCUT2D eigenvalue weighted by Crippen LogP contribution is 2.41. The highest BCUT2D eigenvalue weighted by molar-refractivity contribution is 5.60. The Kier molecular flexibility index (Phi) is 30.6. The maximum absolute atomic E-state index is 12.5. The number of aromatic nitrogens is 3. The molecule has 6 rings (SSSR count). The summed E-state index contributed by atoms with van der Waals surface area (Å²) in [6, 6.07) is 14.5. The topological polar surface area (TPSA) is 61.3 Å². The third kappa shape index (κ3) is 32.1. The summed E-state index contributed by atoms with van der Waals surface area (Å²) >= 11 is 0. The lowest BCUT2D eigenvalue weighted by Crippen LogP contribution is -2.65. The van der Waals surface area contributed by atoms with Crippen LogP contribution in [0.4, 0.5) is 0 Å². The van der Waals surface area contributed by atoms with Crippen molar-refractivity contribution in [2.75, 3.05) is 214 Å². The van der Waals surface area contributed by atoms with Crippen molar-refractivity contribution < 1.29 is 54.3 Å². The van der Waals surface area contributed by atoms with Gasteiger partial charge >= 0.3 is 0 Å². The van der Waals surface area contributed by atoms with Crippen LogP contribution in [-0.2, 0) is 19.6 Å². The Hall–Kier alpha value is -4.07. The van der Waals surface area contributed by atoms with E-state index in [2.05, 4.69) is 327 Å². The van der Waals surface area contributed by atoms with Gasteiger partial charge in [-0.15, -0.1) is 0 Å². The summed E-state index contributed by atoms with van der Waals surface area (Å²) in [6.45, 7) is 30.7. The molecule has 2 saturated heterocycles. The molecule has 0 radical (unpaired) electrons. The van der Waals surface area contributed by atoms with E-state index in [1.807, 2.05) is 0 Å². The second-order valence-corrected chi connectivity index (χ2v) is 38.6. The van der Waals surface area contributed by atoms with Crippen molar-refractivity contribution in [1.82, 2.24) is 9.96 Å². The molecule has 0 aromatic carbocycles. The van der Waals surface area contributed by atoms with E-state index in [0.717, 1.165) is 87.7 Å². The number of hydroxylamine groups is 2. The Bertz CT molecular complexity index is 2640. The molecule has 0 aliphatic carbocycles. The van der Waals surface area contributed by atoms with Crippen molar-refractivity contribution in [2.45, 2.75) is 179 Å². The predicted octanol–water partition coefficient (Wildman–Crippen LogP) is 10.1. The Labute approximate surface area is 579 Å². The van der Waals surface area contributed by atoms with Crippen molar-refractivity contribution in [3.8, 4) is 11.1 Å². The van der Waals surface area contributed by atoms with Gasteiger partial charge in [-0.2, -0.15) is 0 Å². The van der Waals surface area contributed by atoms with Gasteiger partial charge < -0.3 is 51.0 Å². The molecule has 0 N–H and O–H groups in total. The van der Waals surface area contributed by atoms with Crippen molar-refractivity contribution in [2.24, 2.45) is 0 Å². The first kappa shape index (κ1) is 84.2. The lowest BCUT2D eigenvalue weighted by molar-refractivity contribution is -0.931. The van der Waals surface area contributed by atoms with E-state index in [1.54, 1.807) is 0 Å². The van der Waals surface area contributed by atoms with Crippen LogP contribution in [0, 0.1) is 10.1 Å². The third-order valence-electron chi connectivity index (χ3n) is 19.6. The first-order chi connectivity index (χ1) is 42.6. The third-order valence-corrected chi connectivity index (χ3v) is 19.6. The van der Waals surface area contributed by atoms with E-state index in [4.69, 9.17) is 0 Å². The van der Waals surface area contributed by atoms with E-state index in [-0.39, 0.29) is 22.2 Å². The van der Waals surface area contributed by atoms with Gasteiger partial charge in [-0.25, -0.2) is 13.7 Å². The molecule has 536 valence electrons. The van der Waals surface area contributed by atoms with Crippen LogP contribution in [0.25, 0.3) is 11.1 Å². The molecule has 3 aliphatic rings. The number of pyridine rings is 3. The summed E-state index contributed by atoms with van der Waals surface area (Å²) in [4.78, 5) is 14.8. The van der Waals surface area contributed by atoms with Crippen molar-refractivity contribution in [3.63, 3.8) is 0 Å². The number of allylic oxidation sites excluding steroid dienone is 2. The summed E-state index contributed by atoms with van der Waals surface area (Å²) in [5.41, 5.74) is 2.89. The molecule has 0 spiro atoms. The second-order valence-electron chi connectivity index (χ2n) is 38.6. The number of aryl methyl sites for hydroxylation is 3. The number of piperidine rings is 2. The summed E-state index contributed by atoms with van der Waals surface area (Å²) in [5.74, 6) is 0.394. The Balaban J connectivity index is 0.000000329. The van der Waals surface area contributed by atoms with E-state index in [9.17, 15) is 10.1 Å². The fourth-order valence-electron chi connectivity index (χ4n) is 13.9. The molecule has 3 aromatic rings. The van der Waals surface area contributed by atoms with Crippen molar-refractivity contribution in [1.29, 1.82) is 0 Å². The molecule has 2 fully saturated rings. The number of nitrogens with zero attached hydrogens (tertiary/aromatic N) is 14. The Morgan fingerprint density at radius 1 is 0.394 bits per heavy atom. The van der Waals surface area contributed by atoms with Crippen LogP contribution in [-0.4, -0.2) is 299 Å². The molecule has 0 saturated carbocycles. The van der Waals surface area contributed by atoms with Gasteiger partial charge in [0.05, 0.1) is 246 Å². The number of quaternary nitrogens is 8. The van der Waals surface area contributed by atoms with Gasteiger partial charge in [-0.05, 0) is 44.4 Å². The smallest absolute Gasteiger partial charge is 0.211 e. The first-order valence-electron chi connectivity index (χ1n) is 36.1.